The van der Waals surface area contributed by atoms with E-state index in [1.165, 1.54) is 12.8 Å². The Labute approximate surface area is 157 Å². The molecule has 23 heavy (non-hydrogen) atoms. The van der Waals surface area contributed by atoms with Crippen LogP contribution in [0.4, 0.5) is 0 Å². The van der Waals surface area contributed by atoms with E-state index in [0.717, 1.165) is 70.4 Å². The van der Waals surface area contributed by atoms with Gasteiger partial charge in [0.1, 0.15) is 0 Å². The number of carbonyl (C=O) groups is 1. The number of piperidine rings is 1. The number of rotatable bonds is 8. The normalized spacial score (nSPS) is 22.3. The molecule has 2 fully saturated rings. The van der Waals surface area contributed by atoms with Crippen molar-refractivity contribution in [2.75, 3.05) is 39.3 Å². The third kappa shape index (κ3) is 8.19. The van der Waals surface area contributed by atoms with Gasteiger partial charge < -0.3 is 21.3 Å². The largest absolute Gasteiger partial charge is 0.369 e. The molecule has 134 valence electrons. The molecule has 0 radical (unpaired) electrons. The van der Waals surface area contributed by atoms with Crippen molar-refractivity contribution >= 4 is 35.8 Å². The van der Waals surface area contributed by atoms with Crippen molar-refractivity contribution in [2.45, 2.75) is 39.0 Å². The fraction of sp³-hybridized carbons (Fsp3) is 0.875. The van der Waals surface area contributed by atoms with Gasteiger partial charge in [0.2, 0.25) is 5.91 Å². The van der Waals surface area contributed by atoms with Gasteiger partial charge in [-0.15, -0.1) is 24.0 Å². The van der Waals surface area contributed by atoms with E-state index in [2.05, 4.69) is 27.4 Å². The zero-order chi connectivity index (χ0) is 15.8. The number of primary amides is 1. The number of hydrogen-bond donors (Lipinski definition) is 3. The summed E-state index contributed by atoms with van der Waals surface area (Å²) >= 11 is 0. The second kappa shape index (κ2) is 11.1. The molecular weight excluding hydrogens is 405 g/mol. The number of likely N-dealkylation sites (tertiary alicyclic amines) is 1. The predicted octanol–water partition coefficient (Wildman–Crippen LogP) is 1.16. The molecule has 1 saturated carbocycles. The Kier molecular flexibility index (Phi) is 9.85. The van der Waals surface area contributed by atoms with E-state index in [1.54, 1.807) is 0 Å². The SMILES string of the molecule is CCNC(=NCC1CC1)NCCCN1CCCC(C(N)=O)C1.I. The minimum absolute atomic E-state index is 0. The molecular formula is C16H32IN5O. The summed E-state index contributed by atoms with van der Waals surface area (Å²) in [5.41, 5.74) is 5.42. The molecule has 1 unspecified atom stereocenters. The maximum absolute atomic E-state index is 11.3. The van der Waals surface area contributed by atoms with Gasteiger partial charge in [-0.05, 0) is 58.0 Å². The third-order valence-electron chi connectivity index (χ3n) is 4.40. The fourth-order valence-corrected chi connectivity index (χ4v) is 2.86. The molecule has 0 aromatic heterocycles. The van der Waals surface area contributed by atoms with E-state index >= 15 is 0 Å². The number of halogens is 1. The number of aliphatic imine (C=N–C) groups is 1. The van der Waals surface area contributed by atoms with Gasteiger partial charge in [-0.1, -0.05) is 0 Å². The minimum Gasteiger partial charge on any atom is -0.369 e. The average Bonchev–Trinajstić information content (AvgIpc) is 3.33. The van der Waals surface area contributed by atoms with Gasteiger partial charge in [0.05, 0.1) is 5.92 Å². The highest BCUT2D eigenvalue weighted by Gasteiger charge is 2.23. The van der Waals surface area contributed by atoms with Crippen LogP contribution in [0.2, 0.25) is 0 Å². The Balaban J connectivity index is 0.00000264. The number of guanidine groups is 1. The highest BCUT2D eigenvalue weighted by molar-refractivity contribution is 14.0. The Hall–Kier alpha value is -0.570. The third-order valence-corrected chi connectivity index (χ3v) is 4.40. The highest BCUT2D eigenvalue weighted by Crippen LogP contribution is 2.28. The molecule has 4 N–H and O–H groups in total. The summed E-state index contributed by atoms with van der Waals surface area (Å²) in [5.74, 6) is 1.64. The lowest BCUT2D eigenvalue weighted by atomic mass is 9.97. The van der Waals surface area contributed by atoms with E-state index in [1.807, 2.05) is 0 Å². The molecule has 6 nitrogen and oxygen atoms in total. The van der Waals surface area contributed by atoms with Crippen LogP contribution in [0.15, 0.2) is 4.99 Å². The lowest BCUT2D eigenvalue weighted by molar-refractivity contribution is -0.123. The van der Waals surface area contributed by atoms with Crippen LogP contribution in [0, 0.1) is 11.8 Å². The first-order valence-electron chi connectivity index (χ1n) is 8.73. The van der Waals surface area contributed by atoms with Crippen molar-refractivity contribution in [1.29, 1.82) is 0 Å². The molecule has 1 aliphatic carbocycles. The predicted molar refractivity (Wildman–Crippen MR) is 105 cm³/mol. The molecule has 1 amide bonds. The summed E-state index contributed by atoms with van der Waals surface area (Å²) in [7, 11) is 0. The van der Waals surface area contributed by atoms with Crippen LogP contribution in [0.1, 0.15) is 39.0 Å². The highest BCUT2D eigenvalue weighted by atomic mass is 127. The van der Waals surface area contributed by atoms with Crippen molar-refractivity contribution in [2.24, 2.45) is 22.6 Å². The van der Waals surface area contributed by atoms with Gasteiger partial charge in [0.15, 0.2) is 5.96 Å². The lowest BCUT2D eigenvalue weighted by Crippen LogP contribution is -2.43. The summed E-state index contributed by atoms with van der Waals surface area (Å²) in [5, 5.41) is 6.69. The maximum Gasteiger partial charge on any atom is 0.221 e. The molecule has 1 atom stereocenters. The Morgan fingerprint density at radius 3 is 2.74 bits per heavy atom. The zero-order valence-electron chi connectivity index (χ0n) is 14.2. The zero-order valence-corrected chi connectivity index (χ0v) is 16.6. The topological polar surface area (TPSA) is 82.8 Å². The first-order valence-corrected chi connectivity index (χ1v) is 8.73. The van der Waals surface area contributed by atoms with Crippen molar-refractivity contribution in [3.63, 3.8) is 0 Å². The number of carbonyl (C=O) groups excluding carboxylic acids is 1. The van der Waals surface area contributed by atoms with Crippen LogP contribution in [0.3, 0.4) is 0 Å². The maximum atomic E-state index is 11.3. The molecule has 1 heterocycles. The van der Waals surface area contributed by atoms with Crippen LogP contribution < -0.4 is 16.4 Å². The van der Waals surface area contributed by atoms with Gasteiger partial charge in [-0.2, -0.15) is 0 Å². The summed E-state index contributed by atoms with van der Waals surface area (Å²) in [6.07, 6.45) is 5.74. The smallest absolute Gasteiger partial charge is 0.221 e. The second-order valence-corrected chi connectivity index (χ2v) is 6.49. The number of amides is 1. The summed E-state index contributed by atoms with van der Waals surface area (Å²) in [6, 6.07) is 0. The number of nitrogens with zero attached hydrogens (tertiary/aromatic N) is 2. The summed E-state index contributed by atoms with van der Waals surface area (Å²) < 4.78 is 0. The first-order chi connectivity index (χ1) is 10.7. The van der Waals surface area contributed by atoms with Gasteiger partial charge in [-0.25, -0.2) is 0 Å². The van der Waals surface area contributed by atoms with E-state index < -0.39 is 0 Å². The lowest BCUT2D eigenvalue weighted by Gasteiger charge is -2.31. The van der Waals surface area contributed by atoms with Crippen LogP contribution in [0.25, 0.3) is 0 Å². The van der Waals surface area contributed by atoms with Crippen molar-refractivity contribution in [3.05, 3.63) is 0 Å². The quantitative estimate of drug-likeness (QED) is 0.230. The van der Waals surface area contributed by atoms with Crippen LogP contribution in [0.5, 0.6) is 0 Å². The van der Waals surface area contributed by atoms with Gasteiger partial charge in [-0.3, -0.25) is 9.79 Å². The van der Waals surface area contributed by atoms with Gasteiger partial charge >= 0.3 is 0 Å². The Morgan fingerprint density at radius 2 is 2.09 bits per heavy atom. The van der Waals surface area contributed by atoms with Crippen LogP contribution in [-0.2, 0) is 4.79 Å². The molecule has 1 aliphatic heterocycles. The number of hydrogen-bond acceptors (Lipinski definition) is 3. The number of nitrogens with two attached hydrogens (primary N) is 1. The number of nitrogens with one attached hydrogen (secondary N) is 2. The summed E-state index contributed by atoms with van der Waals surface area (Å²) in [6.45, 7) is 7.76. The van der Waals surface area contributed by atoms with Crippen molar-refractivity contribution < 1.29 is 4.79 Å². The monoisotopic (exact) mass is 437 g/mol. The van der Waals surface area contributed by atoms with E-state index in [4.69, 9.17) is 5.73 Å². The van der Waals surface area contributed by atoms with E-state index in [0.29, 0.717) is 0 Å². The molecule has 1 saturated heterocycles. The molecule has 0 aromatic rings. The molecule has 0 bridgehead atoms. The minimum atomic E-state index is -0.149. The van der Waals surface area contributed by atoms with Gasteiger partial charge in [0, 0.05) is 26.2 Å². The van der Waals surface area contributed by atoms with Gasteiger partial charge in [0.25, 0.3) is 0 Å². The molecule has 7 heteroatoms. The standard InChI is InChI=1S/C16H31N5O.HI/c1-2-18-16(20-11-13-6-7-13)19-8-4-10-21-9-3-5-14(12-21)15(17)22;/h13-14H,2-12H2,1H3,(H2,17,22)(H2,18,19,20);1H. The fourth-order valence-electron chi connectivity index (χ4n) is 2.86. The summed E-state index contributed by atoms with van der Waals surface area (Å²) in [4.78, 5) is 18.3. The van der Waals surface area contributed by atoms with Crippen molar-refractivity contribution in [3.8, 4) is 0 Å². The second-order valence-electron chi connectivity index (χ2n) is 6.49. The molecule has 2 rings (SSSR count). The average molecular weight is 437 g/mol. The molecule has 0 spiro atoms. The van der Waals surface area contributed by atoms with Crippen LogP contribution in [-0.4, -0.2) is 56.0 Å². The Morgan fingerprint density at radius 1 is 1.30 bits per heavy atom. The molecule has 0 aromatic carbocycles. The van der Waals surface area contributed by atoms with Crippen LogP contribution >= 0.6 is 24.0 Å². The first kappa shape index (κ1) is 20.5. The van der Waals surface area contributed by atoms with E-state index in [-0.39, 0.29) is 35.8 Å². The van der Waals surface area contributed by atoms with Crippen molar-refractivity contribution in [1.82, 2.24) is 15.5 Å². The molecule has 2 aliphatic rings. The van der Waals surface area contributed by atoms with E-state index in [9.17, 15) is 4.79 Å². The Bertz CT molecular complexity index is 387.